The second-order valence-electron chi connectivity index (χ2n) is 4.82. The van der Waals surface area contributed by atoms with E-state index in [4.69, 9.17) is 15.7 Å². The van der Waals surface area contributed by atoms with Crippen molar-refractivity contribution in [3.63, 3.8) is 0 Å². The quantitative estimate of drug-likeness (QED) is 0.323. The van der Waals surface area contributed by atoms with Crippen LogP contribution in [0.3, 0.4) is 0 Å². The number of nitrogens with two attached hydrogens (primary N) is 1. The van der Waals surface area contributed by atoms with Gasteiger partial charge in [0.15, 0.2) is 5.84 Å². The molecule has 0 amide bonds. The van der Waals surface area contributed by atoms with Crippen molar-refractivity contribution in [2.24, 2.45) is 10.9 Å². The van der Waals surface area contributed by atoms with Gasteiger partial charge in [-0.1, -0.05) is 5.16 Å². The third kappa shape index (κ3) is 2.47. The maximum absolute atomic E-state index is 8.72. The van der Waals surface area contributed by atoms with Crippen molar-refractivity contribution in [2.75, 3.05) is 13.1 Å². The number of ether oxygens (including phenoxy) is 1. The summed E-state index contributed by atoms with van der Waals surface area (Å²) >= 11 is 0. The standard InChI is InChI=1S/C11H21N3O2/c1-8-4-5-9(16-8)7-14-6-2-3-10(14)11(12)13-15/h8-10,15H,2-7H2,1H3,(H2,12,13). The van der Waals surface area contributed by atoms with Crippen molar-refractivity contribution >= 4 is 5.84 Å². The Bertz CT molecular complexity index is 270. The molecule has 0 spiro atoms. The summed E-state index contributed by atoms with van der Waals surface area (Å²) in [5.41, 5.74) is 5.69. The Morgan fingerprint density at radius 1 is 1.50 bits per heavy atom. The molecule has 2 heterocycles. The van der Waals surface area contributed by atoms with Gasteiger partial charge in [-0.25, -0.2) is 0 Å². The average molecular weight is 227 g/mol. The Balaban J connectivity index is 1.88. The molecule has 3 unspecified atom stereocenters. The largest absolute Gasteiger partial charge is 0.409 e. The number of amidine groups is 1. The third-order valence-electron chi connectivity index (χ3n) is 3.58. The van der Waals surface area contributed by atoms with Gasteiger partial charge >= 0.3 is 0 Å². The van der Waals surface area contributed by atoms with E-state index < -0.39 is 0 Å². The zero-order chi connectivity index (χ0) is 11.5. The zero-order valence-corrected chi connectivity index (χ0v) is 9.80. The van der Waals surface area contributed by atoms with E-state index in [0.717, 1.165) is 38.8 Å². The number of oxime groups is 1. The van der Waals surface area contributed by atoms with Crippen molar-refractivity contribution in [1.29, 1.82) is 0 Å². The molecule has 2 fully saturated rings. The van der Waals surface area contributed by atoms with Crippen molar-refractivity contribution in [1.82, 2.24) is 4.90 Å². The molecule has 5 nitrogen and oxygen atoms in total. The lowest BCUT2D eigenvalue weighted by Gasteiger charge is -2.26. The molecule has 5 heteroatoms. The molecule has 0 aromatic heterocycles. The van der Waals surface area contributed by atoms with Gasteiger partial charge in [0, 0.05) is 6.54 Å². The van der Waals surface area contributed by atoms with E-state index in [0.29, 0.717) is 18.0 Å². The first-order valence-electron chi connectivity index (χ1n) is 6.07. The van der Waals surface area contributed by atoms with Crippen LogP contribution in [0.1, 0.15) is 32.6 Å². The Kier molecular flexibility index (Phi) is 3.66. The summed E-state index contributed by atoms with van der Waals surface area (Å²) < 4.78 is 5.80. The van der Waals surface area contributed by atoms with E-state index in [2.05, 4.69) is 17.0 Å². The van der Waals surface area contributed by atoms with Gasteiger partial charge in [-0.15, -0.1) is 0 Å². The molecule has 16 heavy (non-hydrogen) atoms. The van der Waals surface area contributed by atoms with Crippen LogP contribution in [-0.2, 0) is 4.74 Å². The second-order valence-corrected chi connectivity index (χ2v) is 4.82. The SMILES string of the molecule is CC1CCC(CN2CCCC2C(N)=NO)O1. The fourth-order valence-corrected chi connectivity index (χ4v) is 2.73. The highest BCUT2D eigenvalue weighted by Gasteiger charge is 2.32. The number of hydrogen-bond acceptors (Lipinski definition) is 4. The van der Waals surface area contributed by atoms with Crippen molar-refractivity contribution < 1.29 is 9.94 Å². The summed E-state index contributed by atoms with van der Waals surface area (Å²) in [5.74, 6) is 0.337. The molecule has 3 N–H and O–H groups in total. The first-order chi connectivity index (χ1) is 7.70. The topological polar surface area (TPSA) is 71.1 Å². The van der Waals surface area contributed by atoms with Crippen molar-refractivity contribution in [2.45, 2.75) is 50.9 Å². The number of likely N-dealkylation sites (tertiary alicyclic amines) is 1. The van der Waals surface area contributed by atoms with Gasteiger partial charge in [-0.05, 0) is 39.2 Å². The van der Waals surface area contributed by atoms with E-state index in [1.807, 2.05) is 0 Å². The highest BCUT2D eigenvalue weighted by Crippen LogP contribution is 2.24. The molecule has 3 atom stereocenters. The van der Waals surface area contributed by atoms with Gasteiger partial charge in [-0.3, -0.25) is 4.90 Å². The Morgan fingerprint density at radius 3 is 2.94 bits per heavy atom. The average Bonchev–Trinajstić information content (AvgIpc) is 2.87. The minimum atomic E-state index is 0.101. The second kappa shape index (κ2) is 5.01. The van der Waals surface area contributed by atoms with Gasteiger partial charge in [-0.2, -0.15) is 0 Å². The number of rotatable bonds is 3. The van der Waals surface area contributed by atoms with Crippen LogP contribution in [0.25, 0.3) is 0 Å². The van der Waals surface area contributed by atoms with Gasteiger partial charge in [0.1, 0.15) is 0 Å². The highest BCUT2D eigenvalue weighted by molar-refractivity contribution is 5.85. The molecule has 2 rings (SSSR count). The van der Waals surface area contributed by atoms with Crippen LogP contribution < -0.4 is 5.73 Å². The van der Waals surface area contributed by atoms with Crippen LogP contribution in [0.2, 0.25) is 0 Å². The Morgan fingerprint density at radius 2 is 2.31 bits per heavy atom. The van der Waals surface area contributed by atoms with Crippen LogP contribution in [0, 0.1) is 0 Å². The molecule has 0 aromatic carbocycles. The lowest BCUT2D eigenvalue weighted by Crippen LogP contribution is -2.43. The molecule has 0 bridgehead atoms. The summed E-state index contributed by atoms with van der Waals surface area (Å²) in [5, 5.41) is 11.8. The maximum Gasteiger partial charge on any atom is 0.156 e. The summed E-state index contributed by atoms with van der Waals surface area (Å²) in [7, 11) is 0. The van der Waals surface area contributed by atoms with Crippen LogP contribution in [-0.4, -0.2) is 47.3 Å². The fourth-order valence-electron chi connectivity index (χ4n) is 2.73. The predicted octanol–water partition coefficient (Wildman–Crippen LogP) is 0.765. The van der Waals surface area contributed by atoms with Crippen LogP contribution in [0.5, 0.6) is 0 Å². The molecule has 0 aromatic rings. The number of hydrogen-bond donors (Lipinski definition) is 2. The molecule has 92 valence electrons. The van der Waals surface area contributed by atoms with E-state index in [-0.39, 0.29) is 6.04 Å². The lowest BCUT2D eigenvalue weighted by molar-refractivity contribution is 0.0328. The Hall–Kier alpha value is -0.810. The van der Waals surface area contributed by atoms with E-state index in [1.165, 1.54) is 0 Å². The third-order valence-corrected chi connectivity index (χ3v) is 3.58. The first-order valence-corrected chi connectivity index (χ1v) is 6.07. The normalized spacial score (nSPS) is 37.1. The van der Waals surface area contributed by atoms with Crippen LogP contribution in [0.4, 0.5) is 0 Å². The molecular formula is C11H21N3O2. The summed E-state index contributed by atoms with van der Waals surface area (Å²) in [6.07, 6.45) is 5.08. The van der Waals surface area contributed by atoms with Gasteiger partial charge in [0.25, 0.3) is 0 Å². The lowest BCUT2D eigenvalue weighted by atomic mass is 10.1. The monoisotopic (exact) mass is 227 g/mol. The molecule has 0 radical (unpaired) electrons. The minimum Gasteiger partial charge on any atom is -0.409 e. The van der Waals surface area contributed by atoms with Crippen LogP contribution >= 0.6 is 0 Å². The zero-order valence-electron chi connectivity index (χ0n) is 9.80. The Labute approximate surface area is 96.2 Å². The molecule has 2 aliphatic heterocycles. The van der Waals surface area contributed by atoms with E-state index in [9.17, 15) is 0 Å². The fraction of sp³-hybridized carbons (Fsp3) is 0.909. The maximum atomic E-state index is 8.72. The summed E-state index contributed by atoms with van der Waals surface area (Å²) in [6.45, 7) is 4.05. The minimum absolute atomic E-state index is 0.101. The molecule has 2 aliphatic rings. The van der Waals surface area contributed by atoms with E-state index in [1.54, 1.807) is 0 Å². The number of nitrogens with zero attached hydrogens (tertiary/aromatic N) is 2. The first kappa shape index (κ1) is 11.7. The smallest absolute Gasteiger partial charge is 0.156 e. The van der Waals surface area contributed by atoms with Crippen molar-refractivity contribution in [3.05, 3.63) is 0 Å². The molecular weight excluding hydrogens is 206 g/mol. The highest BCUT2D eigenvalue weighted by atomic mass is 16.5. The molecule has 2 saturated heterocycles. The molecule has 0 aliphatic carbocycles. The van der Waals surface area contributed by atoms with E-state index >= 15 is 0 Å². The summed E-state index contributed by atoms with van der Waals surface area (Å²) in [6, 6.07) is 0.101. The van der Waals surface area contributed by atoms with Crippen LogP contribution in [0.15, 0.2) is 5.16 Å². The van der Waals surface area contributed by atoms with Gasteiger partial charge in [0.2, 0.25) is 0 Å². The summed E-state index contributed by atoms with van der Waals surface area (Å²) in [4.78, 5) is 2.28. The molecule has 0 saturated carbocycles. The van der Waals surface area contributed by atoms with Gasteiger partial charge < -0.3 is 15.7 Å². The predicted molar refractivity (Wildman–Crippen MR) is 61.6 cm³/mol. The van der Waals surface area contributed by atoms with Crippen molar-refractivity contribution in [3.8, 4) is 0 Å². The van der Waals surface area contributed by atoms with Gasteiger partial charge in [0.05, 0.1) is 18.2 Å².